The molecule has 0 fully saturated rings. The molecule has 1 aromatic heterocycles. The number of carbonyl (C=O) groups is 1. The highest BCUT2D eigenvalue weighted by molar-refractivity contribution is 5.83. The van der Waals surface area contributed by atoms with Crippen LogP contribution in [-0.4, -0.2) is 40.3 Å². The van der Waals surface area contributed by atoms with Gasteiger partial charge >= 0.3 is 6.18 Å². The monoisotopic (exact) mass is 410 g/mol. The Morgan fingerprint density at radius 2 is 2.03 bits per heavy atom. The molecule has 0 saturated heterocycles. The van der Waals surface area contributed by atoms with Crippen LogP contribution in [0.1, 0.15) is 32.5 Å². The van der Waals surface area contributed by atoms with Gasteiger partial charge in [-0.15, -0.1) is 0 Å². The van der Waals surface area contributed by atoms with Crippen LogP contribution in [0.25, 0.3) is 0 Å². The maximum absolute atomic E-state index is 12.8. The van der Waals surface area contributed by atoms with E-state index in [2.05, 4.69) is 10.3 Å². The van der Waals surface area contributed by atoms with Crippen molar-refractivity contribution < 1.29 is 22.7 Å². The normalized spacial score (nSPS) is 16.5. The lowest BCUT2D eigenvalue weighted by atomic mass is 10.1. The van der Waals surface area contributed by atoms with E-state index in [1.165, 1.54) is 12.4 Å². The first-order chi connectivity index (χ1) is 13.8. The van der Waals surface area contributed by atoms with Gasteiger partial charge in [0.1, 0.15) is 18.1 Å². The SMILES string of the molecule is CCC(CC)NC(=O)C1CN(Cc2nccn2CC(F)(F)F)c2ccccc2O1. The molecule has 9 heteroatoms. The summed E-state index contributed by atoms with van der Waals surface area (Å²) in [6.45, 7) is 3.25. The molecule has 0 aliphatic carbocycles. The van der Waals surface area contributed by atoms with Crippen LogP contribution in [0, 0.1) is 0 Å². The second kappa shape index (κ2) is 8.75. The molecule has 0 radical (unpaired) electrons. The zero-order valence-electron chi connectivity index (χ0n) is 16.4. The summed E-state index contributed by atoms with van der Waals surface area (Å²) < 4.78 is 45.5. The van der Waals surface area contributed by atoms with Gasteiger partial charge in [-0.2, -0.15) is 13.2 Å². The Bertz CT molecular complexity index is 833. The van der Waals surface area contributed by atoms with Gasteiger partial charge in [0.2, 0.25) is 0 Å². The van der Waals surface area contributed by atoms with Crippen LogP contribution in [0.3, 0.4) is 0 Å². The van der Waals surface area contributed by atoms with E-state index in [-0.39, 0.29) is 30.9 Å². The molecule has 2 heterocycles. The van der Waals surface area contributed by atoms with Crippen molar-refractivity contribution in [3.8, 4) is 5.75 Å². The largest absolute Gasteiger partial charge is 0.477 e. The summed E-state index contributed by atoms with van der Waals surface area (Å²) in [4.78, 5) is 18.6. The number of alkyl halides is 3. The van der Waals surface area contributed by atoms with E-state index in [1.807, 2.05) is 30.9 Å². The molecule has 3 rings (SSSR count). The maximum atomic E-state index is 12.8. The van der Waals surface area contributed by atoms with E-state index in [9.17, 15) is 18.0 Å². The minimum absolute atomic E-state index is 0.0578. The molecule has 0 spiro atoms. The molecule has 1 aromatic carbocycles. The number of nitrogens with zero attached hydrogens (tertiary/aromatic N) is 3. The highest BCUT2D eigenvalue weighted by atomic mass is 19.4. The number of benzene rings is 1. The number of aromatic nitrogens is 2. The van der Waals surface area contributed by atoms with Crippen LogP contribution < -0.4 is 15.0 Å². The number of fused-ring (bicyclic) bond motifs is 1. The molecule has 1 unspecified atom stereocenters. The number of amides is 1. The Kier molecular flexibility index (Phi) is 6.34. The van der Waals surface area contributed by atoms with E-state index in [4.69, 9.17) is 4.74 Å². The van der Waals surface area contributed by atoms with Gasteiger partial charge in [-0.25, -0.2) is 4.98 Å². The number of carbonyl (C=O) groups excluding carboxylic acids is 1. The molecule has 1 N–H and O–H groups in total. The van der Waals surface area contributed by atoms with Crippen molar-refractivity contribution in [2.24, 2.45) is 0 Å². The Morgan fingerprint density at radius 3 is 2.72 bits per heavy atom. The van der Waals surface area contributed by atoms with Crippen LogP contribution >= 0.6 is 0 Å². The minimum Gasteiger partial charge on any atom is -0.477 e. The highest BCUT2D eigenvalue weighted by Gasteiger charge is 2.33. The van der Waals surface area contributed by atoms with E-state index in [0.717, 1.165) is 23.1 Å². The van der Waals surface area contributed by atoms with E-state index >= 15 is 0 Å². The summed E-state index contributed by atoms with van der Waals surface area (Å²) in [5, 5.41) is 2.98. The van der Waals surface area contributed by atoms with Gasteiger partial charge in [0, 0.05) is 18.4 Å². The fraction of sp³-hybridized carbons (Fsp3) is 0.500. The van der Waals surface area contributed by atoms with E-state index in [1.54, 1.807) is 12.1 Å². The topological polar surface area (TPSA) is 59.4 Å². The summed E-state index contributed by atoms with van der Waals surface area (Å²) >= 11 is 0. The maximum Gasteiger partial charge on any atom is 0.406 e. The van der Waals surface area contributed by atoms with Crippen LogP contribution in [0.15, 0.2) is 36.7 Å². The third-order valence-corrected chi connectivity index (χ3v) is 4.97. The summed E-state index contributed by atoms with van der Waals surface area (Å²) in [7, 11) is 0. The molecule has 2 aromatic rings. The number of halogens is 3. The van der Waals surface area contributed by atoms with Crippen molar-refractivity contribution in [1.29, 1.82) is 0 Å². The first-order valence-electron chi connectivity index (χ1n) is 9.68. The zero-order chi connectivity index (χ0) is 21.0. The van der Waals surface area contributed by atoms with Crippen molar-refractivity contribution in [1.82, 2.24) is 14.9 Å². The molecule has 0 saturated carbocycles. The molecule has 1 amide bonds. The number of imidazole rings is 1. The number of hydrogen-bond acceptors (Lipinski definition) is 4. The lowest BCUT2D eigenvalue weighted by molar-refractivity contribution is -0.141. The highest BCUT2D eigenvalue weighted by Crippen LogP contribution is 2.34. The molecular formula is C20H25F3N4O2. The van der Waals surface area contributed by atoms with E-state index < -0.39 is 18.8 Å². The average Bonchev–Trinajstić information content (AvgIpc) is 3.10. The van der Waals surface area contributed by atoms with Crippen molar-refractivity contribution in [2.45, 2.75) is 58.1 Å². The molecule has 1 aliphatic rings. The Hall–Kier alpha value is -2.71. The summed E-state index contributed by atoms with van der Waals surface area (Å²) in [6.07, 6.45) is -0.807. The fourth-order valence-electron chi connectivity index (χ4n) is 3.38. The number of ether oxygens (including phenoxy) is 1. The second-order valence-corrected chi connectivity index (χ2v) is 7.06. The third kappa shape index (κ3) is 5.21. The smallest absolute Gasteiger partial charge is 0.406 e. The number of hydrogen-bond donors (Lipinski definition) is 1. The number of para-hydroxylation sites is 2. The molecule has 29 heavy (non-hydrogen) atoms. The molecular weight excluding hydrogens is 385 g/mol. The van der Waals surface area contributed by atoms with Gasteiger partial charge in [0.25, 0.3) is 5.91 Å². The van der Waals surface area contributed by atoms with Crippen LogP contribution in [-0.2, 0) is 17.9 Å². The van der Waals surface area contributed by atoms with Crippen molar-refractivity contribution in [3.63, 3.8) is 0 Å². The lowest BCUT2D eigenvalue weighted by Crippen LogP contribution is -2.51. The average molecular weight is 410 g/mol. The zero-order valence-corrected chi connectivity index (χ0v) is 16.4. The molecule has 0 bridgehead atoms. The Labute approximate surface area is 167 Å². The van der Waals surface area contributed by atoms with Gasteiger partial charge in [-0.3, -0.25) is 4.79 Å². The number of anilines is 1. The standard InChI is InChI=1S/C20H25F3N4O2/c1-3-14(4-2)25-19(28)17-11-27(15-7-5-6-8-16(15)29-17)12-18-24-9-10-26(18)13-20(21,22)23/h5-10,14,17H,3-4,11-13H2,1-2H3,(H,25,28). The fourth-order valence-corrected chi connectivity index (χ4v) is 3.38. The minimum atomic E-state index is -4.34. The quantitative estimate of drug-likeness (QED) is 0.759. The van der Waals surface area contributed by atoms with Gasteiger partial charge in [0.15, 0.2) is 6.10 Å². The number of rotatable bonds is 7. The number of nitrogens with one attached hydrogen (secondary N) is 1. The first-order valence-corrected chi connectivity index (χ1v) is 9.68. The first kappa shape index (κ1) is 21.0. The molecule has 6 nitrogen and oxygen atoms in total. The Morgan fingerprint density at radius 1 is 1.31 bits per heavy atom. The predicted molar refractivity (Wildman–Crippen MR) is 103 cm³/mol. The van der Waals surface area contributed by atoms with Crippen LogP contribution in [0.2, 0.25) is 0 Å². The van der Waals surface area contributed by atoms with Crippen LogP contribution in [0.5, 0.6) is 5.75 Å². The molecule has 1 aliphatic heterocycles. The van der Waals surface area contributed by atoms with Crippen molar-refractivity contribution >= 4 is 11.6 Å². The van der Waals surface area contributed by atoms with Crippen molar-refractivity contribution in [3.05, 3.63) is 42.5 Å². The summed E-state index contributed by atoms with van der Waals surface area (Å²) in [5.41, 5.74) is 0.723. The van der Waals surface area contributed by atoms with E-state index in [0.29, 0.717) is 5.75 Å². The van der Waals surface area contributed by atoms with Gasteiger partial charge in [-0.05, 0) is 25.0 Å². The third-order valence-electron chi connectivity index (χ3n) is 4.97. The van der Waals surface area contributed by atoms with Gasteiger partial charge in [0.05, 0.1) is 18.8 Å². The van der Waals surface area contributed by atoms with Gasteiger partial charge in [-0.1, -0.05) is 26.0 Å². The summed E-state index contributed by atoms with van der Waals surface area (Å²) in [5.74, 6) is 0.576. The molecule has 158 valence electrons. The predicted octanol–water partition coefficient (Wildman–Crippen LogP) is 3.52. The van der Waals surface area contributed by atoms with Crippen LogP contribution in [0.4, 0.5) is 18.9 Å². The lowest BCUT2D eigenvalue weighted by Gasteiger charge is -2.36. The Balaban J connectivity index is 1.81. The summed E-state index contributed by atoms with van der Waals surface area (Å²) in [6, 6.07) is 7.25. The molecule has 1 atom stereocenters. The van der Waals surface area contributed by atoms with Gasteiger partial charge < -0.3 is 19.5 Å². The van der Waals surface area contributed by atoms with Crippen molar-refractivity contribution in [2.75, 3.05) is 11.4 Å². The second-order valence-electron chi connectivity index (χ2n) is 7.06.